The molecule has 9 heteroatoms. The Labute approximate surface area is 177 Å². The molecular formula is C22H22FN7O. The average Bonchev–Trinajstić information content (AvgIpc) is 3.06. The second-order valence-electron chi connectivity index (χ2n) is 7.86. The quantitative estimate of drug-likeness (QED) is 0.494. The van der Waals surface area contributed by atoms with Gasteiger partial charge in [-0.3, -0.25) is 4.79 Å². The van der Waals surface area contributed by atoms with Gasteiger partial charge in [0.1, 0.15) is 5.39 Å². The number of benzene rings is 1. The molecule has 0 saturated heterocycles. The molecule has 0 amide bonds. The molecule has 5 rings (SSSR count). The maximum absolute atomic E-state index is 13.8. The van der Waals surface area contributed by atoms with Crippen molar-refractivity contribution in [1.29, 1.82) is 0 Å². The van der Waals surface area contributed by atoms with E-state index in [2.05, 4.69) is 37.7 Å². The Morgan fingerprint density at radius 3 is 2.84 bits per heavy atom. The summed E-state index contributed by atoms with van der Waals surface area (Å²) in [5.74, 6) is -0.266. The summed E-state index contributed by atoms with van der Waals surface area (Å²) in [6.07, 6.45) is 3.89. The molecule has 0 fully saturated rings. The third-order valence-corrected chi connectivity index (χ3v) is 5.42. The van der Waals surface area contributed by atoms with E-state index in [-0.39, 0.29) is 11.6 Å². The van der Waals surface area contributed by atoms with Gasteiger partial charge in [0.15, 0.2) is 5.65 Å². The summed E-state index contributed by atoms with van der Waals surface area (Å²) < 4.78 is 17.0. The van der Waals surface area contributed by atoms with Gasteiger partial charge < -0.3 is 10.6 Å². The van der Waals surface area contributed by atoms with Crippen LogP contribution in [0.2, 0.25) is 0 Å². The van der Waals surface area contributed by atoms with Crippen LogP contribution in [0.25, 0.3) is 16.7 Å². The summed E-state index contributed by atoms with van der Waals surface area (Å²) in [7, 11) is 0. The molecule has 2 N–H and O–H groups in total. The largest absolute Gasteiger partial charge is 0.324 e. The first-order valence-electron chi connectivity index (χ1n) is 10.2. The zero-order valence-corrected chi connectivity index (χ0v) is 17.3. The Balaban J connectivity index is 1.62. The minimum atomic E-state index is -0.628. The molecule has 0 spiro atoms. The fourth-order valence-electron chi connectivity index (χ4n) is 3.99. The molecule has 0 aliphatic carbocycles. The third-order valence-electron chi connectivity index (χ3n) is 5.42. The van der Waals surface area contributed by atoms with Crippen molar-refractivity contribution >= 4 is 22.7 Å². The molecule has 3 aromatic heterocycles. The lowest BCUT2D eigenvalue weighted by Crippen LogP contribution is -2.24. The number of hydrogen-bond donors (Lipinski definition) is 2. The SMILES string of the molecule is CC(C)n1c(=O)c2cnc(Nc3ccc4c(c3)CNCC4)nc2n1-c1ccnc(F)c1. The molecular weight excluding hydrogens is 397 g/mol. The van der Waals surface area contributed by atoms with Crippen LogP contribution >= 0.6 is 0 Å². The number of rotatable bonds is 4. The predicted octanol–water partition coefficient (Wildman–Crippen LogP) is 3.09. The normalized spacial score (nSPS) is 13.5. The summed E-state index contributed by atoms with van der Waals surface area (Å²) in [5.41, 5.74) is 4.09. The predicted molar refractivity (Wildman–Crippen MR) is 116 cm³/mol. The van der Waals surface area contributed by atoms with Crippen molar-refractivity contribution in [1.82, 2.24) is 29.6 Å². The molecule has 1 aromatic carbocycles. The third kappa shape index (κ3) is 3.46. The van der Waals surface area contributed by atoms with Gasteiger partial charge in [-0.05, 0) is 56.1 Å². The van der Waals surface area contributed by atoms with Crippen molar-refractivity contribution in [2.24, 2.45) is 0 Å². The molecule has 0 saturated carbocycles. The first-order valence-corrected chi connectivity index (χ1v) is 10.2. The summed E-state index contributed by atoms with van der Waals surface area (Å²) in [6.45, 7) is 5.60. The Morgan fingerprint density at radius 2 is 2.03 bits per heavy atom. The van der Waals surface area contributed by atoms with E-state index < -0.39 is 5.95 Å². The monoisotopic (exact) mass is 419 g/mol. The summed E-state index contributed by atoms with van der Waals surface area (Å²) in [6, 6.07) is 8.96. The molecule has 158 valence electrons. The van der Waals surface area contributed by atoms with Crippen LogP contribution < -0.4 is 16.2 Å². The van der Waals surface area contributed by atoms with E-state index >= 15 is 0 Å². The van der Waals surface area contributed by atoms with Gasteiger partial charge in [0.2, 0.25) is 11.9 Å². The lowest BCUT2D eigenvalue weighted by atomic mass is 10.0. The van der Waals surface area contributed by atoms with E-state index in [9.17, 15) is 9.18 Å². The summed E-state index contributed by atoms with van der Waals surface area (Å²) in [4.78, 5) is 25.6. The van der Waals surface area contributed by atoms with Crippen LogP contribution in [0.1, 0.15) is 31.0 Å². The van der Waals surface area contributed by atoms with Gasteiger partial charge in [-0.15, -0.1) is 0 Å². The molecule has 4 heterocycles. The number of aromatic nitrogens is 5. The van der Waals surface area contributed by atoms with Gasteiger partial charge in [-0.1, -0.05) is 6.07 Å². The van der Waals surface area contributed by atoms with E-state index in [0.717, 1.165) is 25.2 Å². The van der Waals surface area contributed by atoms with Gasteiger partial charge in [-0.25, -0.2) is 19.3 Å². The number of anilines is 2. The van der Waals surface area contributed by atoms with Crippen molar-refractivity contribution in [3.8, 4) is 5.69 Å². The highest BCUT2D eigenvalue weighted by Crippen LogP contribution is 2.23. The van der Waals surface area contributed by atoms with E-state index in [1.807, 2.05) is 19.9 Å². The van der Waals surface area contributed by atoms with Crippen molar-refractivity contribution in [3.63, 3.8) is 0 Å². The first kappa shape index (κ1) is 19.4. The van der Waals surface area contributed by atoms with E-state index in [0.29, 0.717) is 22.7 Å². The Hall–Kier alpha value is -3.59. The molecule has 1 aliphatic heterocycles. The van der Waals surface area contributed by atoms with Crippen LogP contribution in [0.5, 0.6) is 0 Å². The summed E-state index contributed by atoms with van der Waals surface area (Å²) >= 11 is 0. The van der Waals surface area contributed by atoms with Gasteiger partial charge in [0, 0.05) is 36.7 Å². The van der Waals surface area contributed by atoms with E-state index in [1.54, 1.807) is 15.4 Å². The minimum Gasteiger partial charge on any atom is -0.324 e. The van der Waals surface area contributed by atoms with Crippen LogP contribution in [0.3, 0.4) is 0 Å². The second kappa shape index (κ2) is 7.59. The Morgan fingerprint density at radius 1 is 1.16 bits per heavy atom. The number of hydrogen-bond acceptors (Lipinski definition) is 6. The molecule has 4 aromatic rings. The second-order valence-corrected chi connectivity index (χ2v) is 7.86. The van der Waals surface area contributed by atoms with Crippen molar-refractivity contribution in [2.75, 3.05) is 11.9 Å². The molecule has 0 atom stereocenters. The fourth-order valence-corrected chi connectivity index (χ4v) is 3.99. The van der Waals surface area contributed by atoms with Gasteiger partial charge in [0.05, 0.1) is 5.69 Å². The maximum atomic E-state index is 13.8. The standard InChI is InChI=1S/C22H22FN7O/c1-13(2)29-21(31)18-12-26-22(27-16-4-3-14-5-7-24-11-15(14)9-16)28-20(18)30(29)17-6-8-25-19(23)10-17/h3-4,6,8-10,12-13,24H,5,7,11H2,1-2H3,(H,26,27,28). The highest BCUT2D eigenvalue weighted by Gasteiger charge is 2.20. The van der Waals surface area contributed by atoms with Gasteiger partial charge >= 0.3 is 0 Å². The highest BCUT2D eigenvalue weighted by molar-refractivity contribution is 5.77. The minimum absolute atomic E-state index is 0.164. The number of fused-ring (bicyclic) bond motifs is 2. The molecule has 8 nitrogen and oxygen atoms in total. The van der Waals surface area contributed by atoms with Crippen LogP contribution in [-0.4, -0.2) is 30.9 Å². The summed E-state index contributed by atoms with van der Waals surface area (Å²) in [5, 5.41) is 6.97. The fraction of sp³-hybridized carbons (Fsp3) is 0.273. The number of pyridine rings is 1. The first-order chi connectivity index (χ1) is 15.0. The lowest BCUT2D eigenvalue weighted by Gasteiger charge is -2.18. The molecule has 0 bridgehead atoms. The Kier molecular flexibility index (Phi) is 4.74. The number of nitrogens with one attached hydrogen (secondary N) is 2. The topological polar surface area (TPSA) is 89.7 Å². The average molecular weight is 419 g/mol. The molecule has 31 heavy (non-hydrogen) atoms. The van der Waals surface area contributed by atoms with Crippen LogP contribution in [0.15, 0.2) is 47.5 Å². The van der Waals surface area contributed by atoms with Crippen LogP contribution in [-0.2, 0) is 13.0 Å². The molecule has 1 aliphatic rings. The number of halogens is 1. The molecule has 0 radical (unpaired) electrons. The zero-order chi connectivity index (χ0) is 21.5. The van der Waals surface area contributed by atoms with Gasteiger partial charge in [0.25, 0.3) is 5.56 Å². The lowest BCUT2D eigenvalue weighted by molar-refractivity contribution is 0.473. The zero-order valence-electron chi connectivity index (χ0n) is 17.3. The smallest absolute Gasteiger partial charge is 0.278 e. The highest BCUT2D eigenvalue weighted by atomic mass is 19.1. The Bertz CT molecular complexity index is 1340. The van der Waals surface area contributed by atoms with Crippen LogP contribution in [0.4, 0.5) is 16.0 Å². The van der Waals surface area contributed by atoms with E-state index in [1.165, 1.54) is 29.6 Å². The van der Waals surface area contributed by atoms with Crippen molar-refractivity contribution in [3.05, 3.63) is 70.2 Å². The maximum Gasteiger partial charge on any atom is 0.278 e. The number of nitrogens with zero attached hydrogens (tertiary/aromatic N) is 5. The van der Waals surface area contributed by atoms with Crippen molar-refractivity contribution in [2.45, 2.75) is 32.9 Å². The van der Waals surface area contributed by atoms with Crippen LogP contribution in [0, 0.1) is 5.95 Å². The molecule has 0 unspecified atom stereocenters. The van der Waals surface area contributed by atoms with Gasteiger partial charge in [-0.2, -0.15) is 9.37 Å². The van der Waals surface area contributed by atoms with E-state index in [4.69, 9.17) is 0 Å². The van der Waals surface area contributed by atoms with Crippen molar-refractivity contribution < 1.29 is 4.39 Å².